The van der Waals surface area contributed by atoms with Crippen LogP contribution in [0.3, 0.4) is 0 Å². The Bertz CT molecular complexity index is 451. The van der Waals surface area contributed by atoms with Gasteiger partial charge in [0.15, 0.2) is 5.78 Å². The van der Waals surface area contributed by atoms with Crippen LogP contribution in [0, 0.1) is 11.3 Å². The second-order valence-electron chi connectivity index (χ2n) is 6.16. The van der Waals surface area contributed by atoms with Crippen molar-refractivity contribution >= 4 is 23.0 Å². The fourth-order valence-electron chi connectivity index (χ4n) is 2.44. The first-order valence-corrected chi connectivity index (χ1v) is 7.64. The highest BCUT2D eigenvalue weighted by atomic mass is 32.1. The molecule has 0 spiro atoms. The number of hydrogen-bond acceptors (Lipinski definition) is 3. The van der Waals surface area contributed by atoms with Crippen molar-refractivity contribution < 1.29 is 9.59 Å². The largest absolute Gasteiger partial charge is 0.342 e. The molecule has 104 valence electrons. The molecule has 1 amide bonds. The van der Waals surface area contributed by atoms with Crippen LogP contribution in [0.4, 0.5) is 0 Å². The van der Waals surface area contributed by atoms with Crippen LogP contribution in [0.5, 0.6) is 0 Å². The van der Waals surface area contributed by atoms with E-state index in [0.29, 0.717) is 13.1 Å². The molecule has 1 fully saturated rings. The van der Waals surface area contributed by atoms with Crippen molar-refractivity contribution in [2.75, 3.05) is 13.1 Å². The molecule has 0 unspecified atom stereocenters. The van der Waals surface area contributed by atoms with Gasteiger partial charge in [-0.05, 0) is 24.3 Å². The summed E-state index contributed by atoms with van der Waals surface area (Å²) in [6.07, 6.45) is 1.58. The van der Waals surface area contributed by atoms with Gasteiger partial charge in [-0.2, -0.15) is 0 Å². The third-order valence-electron chi connectivity index (χ3n) is 3.56. The fraction of sp³-hybridized carbons (Fsp3) is 0.600. The number of carbonyl (C=O) groups is 2. The summed E-state index contributed by atoms with van der Waals surface area (Å²) in [7, 11) is 0. The van der Waals surface area contributed by atoms with E-state index in [2.05, 4.69) is 0 Å². The Labute approximate surface area is 118 Å². The lowest BCUT2D eigenvalue weighted by Gasteiger charge is -2.35. The van der Waals surface area contributed by atoms with Gasteiger partial charge in [0.1, 0.15) is 0 Å². The van der Waals surface area contributed by atoms with Crippen molar-refractivity contribution in [3.05, 3.63) is 22.4 Å². The highest BCUT2D eigenvalue weighted by molar-refractivity contribution is 7.12. The summed E-state index contributed by atoms with van der Waals surface area (Å²) < 4.78 is 0. The molecular formula is C15H21NO2S. The first kappa shape index (κ1) is 14.3. The summed E-state index contributed by atoms with van der Waals surface area (Å²) in [5.41, 5.74) is -0.329. The van der Waals surface area contributed by atoms with Gasteiger partial charge in [0.05, 0.1) is 4.88 Å². The summed E-state index contributed by atoms with van der Waals surface area (Å²) in [6.45, 7) is 7.24. The van der Waals surface area contributed by atoms with Crippen LogP contribution >= 0.6 is 11.3 Å². The van der Waals surface area contributed by atoms with E-state index in [-0.39, 0.29) is 23.0 Å². The maximum absolute atomic E-state index is 12.2. The molecule has 19 heavy (non-hydrogen) atoms. The molecule has 0 aliphatic carbocycles. The van der Waals surface area contributed by atoms with E-state index in [9.17, 15) is 9.59 Å². The summed E-state index contributed by atoms with van der Waals surface area (Å²) in [5.74, 6) is 0.523. The van der Waals surface area contributed by atoms with Gasteiger partial charge in [-0.3, -0.25) is 9.59 Å². The van der Waals surface area contributed by atoms with Gasteiger partial charge < -0.3 is 4.90 Å². The Morgan fingerprint density at radius 2 is 1.89 bits per heavy atom. The maximum atomic E-state index is 12.2. The van der Waals surface area contributed by atoms with E-state index < -0.39 is 0 Å². The Kier molecular flexibility index (Phi) is 4.09. The fourth-order valence-corrected chi connectivity index (χ4v) is 3.18. The summed E-state index contributed by atoms with van der Waals surface area (Å²) in [4.78, 5) is 27.2. The van der Waals surface area contributed by atoms with Crippen LogP contribution < -0.4 is 0 Å². The second-order valence-corrected chi connectivity index (χ2v) is 7.11. The number of amides is 1. The lowest BCUT2D eigenvalue weighted by molar-refractivity contribution is -0.140. The number of Topliss-reactive ketones (excluding diaryl/α,β-unsaturated/α-hetero) is 1. The van der Waals surface area contributed by atoms with E-state index in [0.717, 1.165) is 17.7 Å². The normalized spacial score (nSPS) is 17.5. The van der Waals surface area contributed by atoms with E-state index in [4.69, 9.17) is 0 Å². The Balaban J connectivity index is 1.93. The van der Waals surface area contributed by atoms with Gasteiger partial charge in [-0.15, -0.1) is 11.3 Å². The number of rotatable bonds is 2. The molecule has 0 radical (unpaired) electrons. The second kappa shape index (κ2) is 5.45. The van der Waals surface area contributed by atoms with E-state index >= 15 is 0 Å². The van der Waals surface area contributed by atoms with Gasteiger partial charge in [0, 0.05) is 24.4 Å². The van der Waals surface area contributed by atoms with Gasteiger partial charge in [0.25, 0.3) is 0 Å². The molecule has 0 aromatic carbocycles. The van der Waals surface area contributed by atoms with Crippen molar-refractivity contribution in [1.29, 1.82) is 0 Å². The molecular weight excluding hydrogens is 258 g/mol. The molecule has 0 saturated carbocycles. The zero-order chi connectivity index (χ0) is 14.0. The molecule has 4 heteroatoms. The predicted octanol–water partition coefficient (Wildman–Crippen LogP) is 3.22. The molecule has 3 nitrogen and oxygen atoms in total. The van der Waals surface area contributed by atoms with E-state index in [1.165, 1.54) is 11.3 Å². The van der Waals surface area contributed by atoms with Crippen molar-refractivity contribution in [2.24, 2.45) is 11.3 Å². The number of carbonyl (C=O) groups excluding carboxylic acids is 2. The topological polar surface area (TPSA) is 37.4 Å². The van der Waals surface area contributed by atoms with Gasteiger partial charge in [0.2, 0.25) is 5.91 Å². The number of nitrogens with zero attached hydrogens (tertiary/aromatic N) is 1. The molecule has 1 aromatic rings. The van der Waals surface area contributed by atoms with Crippen LogP contribution in [0.1, 0.15) is 43.3 Å². The molecule has 0 bridgehead atoms. The molecule has 2 heterocycles. The van der Waals surface area contributed by atoms with Crippen molar-refractivity contribution in [1.82, 2.24) is 4.90 Å². The smallest absolute Gasteiger partial charge is 0.227 e. The Morgan fingerprint density at radius 3 is 2.37 bits per heavy atom. The minimum atomic E-state index is -0.329. The Morgan fingerprint density at radius 1 is 1.26 bits per heavy atom. The number of thiophene rings is 1. The monoisotopic (exact) mass is 279 g/mol. The van der Waals surface area contributed by atoms with Gasteiger partial charge >= 0.3 is 0 Å². The molecule has 0 atom stereocenters. The summed E-state index contributed by atoms with van der Waals surface area (Å²) >= 11 is 1.51. The van der Waals surface area contributed by atoms with Crippen molar-refractivity contribution in [3.63, 3.8) is 0 Å². The van der Waals surface area contributed by atoms with Crippen molar-refractivity contribution in [2.45, 2.75) is 33.6 Å². The summed E-state index contributed by atoms with van der Waals surface area (Å²) in [6, 6.07) is 3.80. The third kappa shape index (κ3) is 3.24. The molecule has 2 rings (SSSR count). The lowest BCUT2D eigenvalue weighted by Crippen LogP contribution is -2.45. The van der Waals surface area contributed by atoms with Gasteiger partial charge in [-0.25, -0.2) is 0 Å². The minimum absolute atomic E-state index is 0.0858. The first-order valence-electron chi connectivity index (χ1n) is 6.76. The number of hydrogen-bond donors (Lipinski definition) is 0. The average Bonchev–Trinajstić information content (AvgIpc) is 2.90. The third-order valence-corrected chi connectivity index (χ3v) is 4.44. The molecule has 1 aliphatic rings. The minimum Gasteiger partial charge on any atom is -0.342 e. The quantitative estimate of drug-likeness (QED) is 0.780. The van der Waals surface area contributed by atoms with Gasteiger partial charge in [-0.1, -0.05) is 26.8 Å². The number of likely N-dealkylation sites (tertiary alicyclic amines) is 1. The molecule has 0 N–H and O–H groups in total. The van der Waals surface area contributed by atoms with Crippen molar-refractivity contribution in [3.8, 4) is 0 Å². The Hall–Kier alpha value is -1.16. The highest BCUT2D eigenvalue weighted by Gasteiger charge is 2.32. The molecule has 1 saturated heterocycles. The zero-order valence-electron chi connectivity index (χ0n) is 11.8. The molecule has 1 aliphatic heterocycles. The lowest BCUT2D eigenvalue weighted by atomic mass is 9.89. The maximum Gasteiger partial charge on any atom is 0.227 e. The standard InChI is InChI=1S/C15H21NO2S/c1-15(2,3)14(18)16-8-6-11(7-9-16)13(17)12-5-4-10-19-12/h4-5,10-11H,6-9H2,1-3H3. The van der Waals surface area contributed by atoms with E-state index in [1.807, 2.05) is 43.2 Å². The number of ketones is 1. The zero-order valence-corrected chi connectivity index (χ0v) is 12.6. The first-order chi connectivity index (χ1) is 8.89. The highest BCUT2D eigenvalue weighted by Crippen LogP contribution is 2.26. The SMILES string of the molecule is CC(C)(C)C(=O)N1CCC(C(=O)c2cccs2)CC1. The van der Waals surface area contributed by atoms with Crippen LogP contribution in [-0.4, -0.2) is 29.7 Å². The van der Waals surface area contributed by atoms with Crippen LogP contribution in [-0.2, 0) is 4.79 Å². The average molecular weight is 279 g/mol. The molecule has 1 aromatic heterocycles. The number of piperidine rings is 1. The van der Waals surface area contributed by atoms with Crippen LogP contribution in [0.2, 0.25) is 0 Å². The van der Waals surface area contributed by atoms with Crippen LogP contribution in [0.25, 0.3) is 0 Å². The predicted molar refractivity (Wildman–Crippen MR) is 77.4 cm³/mol. The van der Waals surface area contributed by atoms with E-state index in [1.54, 1.807) is 0 Å². The summed E-state index contributed by atoms with van der Waals surface area (Å²) in [5, 5.41) is 1.94. The van der Waals surface area contributed by atoms with Crippen LogP contribution in [0.15, 0.2) is 17.5 Å².